The van der Waals surface area contributed by atoms with Crippen molar-refractivity contribution >= 4 is 27.6 Å². The maximum atomic E-state index is 13.6. The van der Waals surface area contributed by atoms with Gasteiger partial charge in [-0.05, 0) is 37.0 Å². The van der Waals surface area contributed by atoms with Crippen LogP contribution < -0.4 is 5.32 Å². The Balaban J connectivity index is 1.98. The van der Waals surface area contributed by atoms with Crippen molar-refractivity contribution in [1.82, 2.24) is 4.90 Å². The van der Waals surface area contributed by atoms with Crippen LogP contribution in [0.25, 0.3) is 0 Å². The highest BCUT2D eigenvalue weighted by atomic mass is 79.9. The summed E-state index contributed by atoms with van der Waals surface area (Å²) in [5, 5.41) is 2.61. The number of carbonyl (C=O) groups is 1. The second-order valence-corrected chi connectivity index (χ2v) is 5.64. The first kappa shape index (κ1) is 13.3. The van der Waals surface area contributed by atoms with Crippen LogP contribution in [0.2, 0.25) is 0 Å². The molecule has 0 spiro atoms. The lowest BCUT2D eigenvalue weighted by Crippen LogP contribution is -2.40. The van der Waals surface area contributed by atoms with E-state index in [1.165, 1.54) is 6.07 Å². The summed E-state index contributed by atoms with van der Waals surface area (Å²) in [6.45, 7) is 3.67. The van der Waals surface area contributed by atoms with Gasteiger partial charge in [-0.15, -0.1) is 0 Å². The van der Waals surface area contributed by atoms with Crippen LogP contribution >= 0.6 is 15.9 Å². The van der Waals surface area contributed by atoms with Gasteiger partial charge in [0.2, 0.25) is 0 Å². The minimum absolute atomic E-state index is 0.219. The Kier molecular flexibility index (Phi) is 4.22. The van der Waals surface area contributed by atoms with Gasteiger partial charge in [-0.2, -0.15) is 0 Å². The predicted molar refractivity (Wildman–Crippen MR) is 73.1 cm³/mol. The maximum Gasteiger partial charge on any atom is 0.321 e. The highest BCUT2D eigenvalue weighted by molar-refractivity contribution is 9.10. The van der Waals surface area contributed by atoms with Gasteiger partial charge < -0.3 is 10.2 Å². The summed E-state index contributed by atoms with van der Waals surface area (Å²) in [5.74, 6) is 0.238. The topological polar surface area (TPSA) is 32.3 Å². The van der Waals surface area contributed by atoms with Crippen LogP contribution in [0.4, 0.5) is 14.9 Å². The Morgan fingerprint density at radius 2 is 2.11 bits per heavy atom. The zero-order chi connectivity index (χ0) is 13.1. The minimum atomic E-state index is -0.428. The number of anilines is 1. The minimum Gasteiger partial charge on any atom is -0.325 e. The molecule has 5 heteroatoms. The summed E-state index contributed by atoms with van der Waals surface area (Å²) >= 11 is 3.18. The van der Waals surface area contributed by atoms with Crippen molar-refractivity contribution < 1.29 is 9.18 Å². The number of hydrogen-bond acceptors (Lipinski definition) is 1. The highest BCUT2D eigenvalue weighted by Crippen LogP contribution is 2.21. The van der Waals surface area contributed by atoms with Gasteiger partial charge in [0.15, 0.2) is 0 Å². The molecule has 1 saturated heterocycles. The molecule has 1 fully saturated rings. The molecule has 1 aliphatic heterocycles. The number of amides is 2. The number of urea groups is 1. The Morgan fingerprint density at radius 3 is 2.72 bits per heavy atom. The van der Waals surface area contributed by atoms with E-state index < -0.39 is 5.82 Å². The third kappa shape index (κ3) is 3.22. The van der Waals surface area contributed by atoms with E-state index in [0.29, 0.717) is 10.4 Å². The van der Waals surface area contributed by atoms with Gasteiger partial charge in [0, 0.05) is 17.6 Å². The molecule has 18 heavy (non-hydrogen) atoms. The zero-order valence-electron chi connectivity index (χ0n) is 10.2. The number of piperidine rings is 1. The highest BCUT2D eigenvalue weighted by Gasteiger charge is 2.20. The molecule has 1 heterocycles. The van der Waals surface area contributed by atoms with Crippen molar-refractivity contribution in [1.29, 1.82) is 0 Å². The molecule has 2 rings (SSSR count). The average molecular weight is 315 g/mol. The zero-order valence-corrected chi connectivity index (χ0v) is 11.8. The number of benzene rings is 1. The van der Waals surface area contributed by atoms with Gasteiger partial charge in [-0.25, -0.2) is 9.18 Å². The van der Waals surface area contributed by atoms with Gasteiger partial charge in [-0.1, -0.05) is 22.9 Å². The van der Waals surface area contributed by atoms with Crippen LogP contribution in [0.1, 0.15) is 19.8 Å². The fraction of sp³-hybridized carbons (Fsp3) is 0.462. The fourth-order valence-corrected chi connectivity index (χ4v) is 2.33. The van der Waals surface area contributed by atoms with E-state index >= 15 is 0 Å². The second-order valence-electron chi connectivity index (χ2n) is 4.72. The molecule has 0 bridgehead atoms. The molecular weight excluding hydrogens is 299 g/mol. The Bertz CT molecular complexity index is 445. The van der Waals surface area contributed by atoms with E-state index in [9.17, 15) is 9.18 Å². The fourth-order valence-electron chi connectivity index (χ4n) is 2.00. The van der Waals surface area contributed by atoms with Crippen LogP contribution in [-0.4, -0.2) is 24.0 Å². The third-order valence-corrected chi connectivity index (χ3v) is 3.74. The van der Waals surface area contributed by atoms with E-state index in [-0.39, 0.29) is 11.7 Å². The van der Waals surface area contributed by atoms with Crippen LogP contribution in [0, 0.1) is 11.7 Å². The van der Waals surface area contributed by atoms with E-state index in [1.807, 2.05) is 0 Å². The van der Waals surface area contributed by atoms with Gasteiger partial charge in [-0.3, -0.25) is 0 Å². The monoisotopic (exact) mass is 314 g/mol. The summed E-state index contributed by atoms with van der Waals surface area (Å²) in [6.07, 6.45) is 2.02. The average Bonchev–Trinajstić information content (AvgIpc) is 2.33. The molecule has 1 aliphatic rings. The summed E-state index contributed by atoms with van der Waals surface area (Å²) in [6, 6.07) is 4.39. The molecule has 3 nitrogen and oxygen atoms in total. The molecular formula is C13H16BrFN2O. The summed E-state index contributed by atoms with van der Waals surface area (Å²) in [7, 11) is 0. The molecule has 1 N–H and O–H groups in total. The quantitative estimate of drug-likeness (QED) is 0.839. The van der Waals surface area contributed by atoms with Crippen molar-refractivity contribution in [2.75, 3.05) is 18.4 Å². The standard InChI is InChI=1S/C13H16BrFN2O/c1-9-4-6-17(7-5-9)13(18)16-12-3-2-10(14)8-11(12)15/h2-3,8-9H,4-7H2,1H3,(H,16,18). The lowest BCUT2D eigenvalue weighted by molar-refractivity contribution is 0.186. The number of nitrogens with zero attached hydrogens (tertiary/aromatic N) is 1. The molecule has 1 aromatic carbocycles. The lowest BCUT2D eigenvalue weighted by Gasteiger charge is -2.30. The smallest absolute Gasteiger partial charge is 0.321 e. The Morgan fingerprint density at radius 1 is 1.44 bits per heavy atom. The van der Waals surface area contributed by atoms with Crippen LogP contribution in [0.3, 0.4) is 0 Å². The molecule has 98 valence electrons. The van der Waals surface area contributed by atoms with Gasteiger partial charge in [0.25, 0.3) is 0 Å². The molecule has 0 saturated carbocycles. The van der Waals surface area contributed by atoms with Crippen molar-refractivity contribution in [2.24, 2.45) is 5.92 Å². The van der Waals surface area contributed by atoms with E-state index in [2.05, 4.69) is 28.2 Å². The molecule has 0 unspecified atom stereocenters. The third-order valence-electron chi connectivity index (χ3n) is 3.24. The molecule has 0 aliphatic carbocycles. The van der Waals surface area contributed by atoms with E-state index in [1.54, 1.807) is 17.0 Å². The maximum absolute atomic E-state index is 13.6. The summed E-state index contributed by atoms with van der Waals surface area (Å²) in [5.41, 5.74) is 0.224. The SMILES string of the molecule is CC1CCN(C(=O)Nc2ccc(Br)cc2F)CC1. The second kappa shape index (κ2) is 5.69. The predicted octanol–water partition coefficient (Wildman–Crippen LogP) is 3.85. The van der Waals surface area contributed by atoms with Crippen molar-refractivity contribution in [3.63, 3.8) is 0 Å². The largest absolute Gasteiger partial charge is 0.325 e. The number of halogens is 2. The van der Waals surface area contributed by atoms with Gasteiger partial charge >= 0.3 is 6.03 Å². The number of carbonyl (C=O) groups excluding carboxylic acids is 1. The normalized spacial score (nSPS) is 16.7. The summed E-state index contributed by atoms with van der Waals surface area (Å²) in [4.78, 5) is 13.7. The van der Waals surface area contributed by atoms with Crippen LogP contribution in [-0.2, 0) is 0 Å². The number of hydrogen-bond donors (Lipinski definition) is 1. The van der Waals surface area contributed by atoms with E-state index in [0.717, 1.165) is 25.9 Å². The summed E-state index contributed by atoms with van der Waals surface area (Å²) < 4.78 is 14.2. The number of nitrogens with one attached hydrogen (secondary N) is 1. The molecule has 2 amide bonds. The molecule has 0 radical (unpaired) electrons. The first-order valence-electron chi connectivity index (χ1n) is 6.07. The van der Waals surface area contributed by atoms with Crippen LogP contribution in [0.5, 0.6) is 0 Å². The van der Waals surface area contributed by atoms with Crippen molar-refractivity contribution in [2.45, 2.75) is 19.8 Å². The van der Waals surface area contributed by atoms with E-state index in [4.69, 9.17) is 0 Å². The number of likely N-dealkylation sites (tertiary alicyclic amines) is 1. The van der Waals surface area contributed by atoms with Gasteiger partial charge in [0.1, 0.15) is 5.82 Å². The Labute approximate surface area is 114 Å². The molecule has 0 aromatic heterocycles. The lowest BCUT2D eigenvalue weighted by atomic mass is 10.00. The van der Waals surface area contributed by atoms with Crippen molar-refractivity contribution in [3.8, 4) is 0 Å². The number of rotatable bonds is 1. The Hall–Kier alpha value is -1.10. The first-order valence-corrected chi connectivity index (χ1v) is 6.86. The first-order chi connectivity index (χ1) is 8.56. The molecule has 0 atom stereocenters. The van der Waals surface area contributed by atoms with Crippen LogP contribution in [0.15, 0.2) is 22.7 Å². The molecule has 1 aromatic rings. The van der Waals surface area contributed by atoms with Crippen molar-refractivity contribution in [3.05, 3.63) is 28.5 Å². The van der Waals surface area contributed by atoms with Gasteiger partial charge in [0.05, 0.1) is 5.69 Å².